The van der Waals surface area contributed by atoms with E-state index in [2.05, 4.69) is 0 Å². The third kappa shape index (κ3) is 7.14. The number of hydrogen-bond donors (Lipinski definition) is 1. The highest BCUT2D eigenvalue weighted by molar-refractivity contribution is 5.66. The first-order valence-corrected chi connectivity index (χ1v) is 2.67. The summed E-state index contributed by atoms with van der Waals surface area (Å²) in [4.78, 5) is 9.83. The van der Waals surface area contributed by atoms with E-state index in [4.69, 9.17) is 5.11 Å². The van der Waals surface area contributed by atoms with Crippen molar-refractivity contribution in [2.24, 2.45) is 0 Å². The van der Waals surface area contributed by atoms with Gasteiger partial charge in [-0.2, -0.15) is 0 Å². The average molecular weight is 132 g/mol. The molecule has 0 aromatic rings. The molecule has 0 aromatic carbocycles. The van der Waals surface area contributed by atoms with Gasteiger partial charge in [0, 0.05) is 6.42 Å². The molecule has 0 spiro atoms. The van der Waals surface area contributed by atoms with Gasteiger partial charge in [0.25, 0.3) is 0 Å². The first-order valence-electron chi connectivity index (χ1n) is 2.67. The number of allylic oxidation sites excluding steroid dienone is 2. The fourth-order valence-electron chi connectivity index (χ4n) is 0.395. The third-order valence-corrected chi connectivity index (χ3v) is 0.784. The van der Waals surface area contributed by atoms with Crippen LogP contribution in [0.3, 0.4) is 0 Å². The van der Waals surface area contributed by atoms with Crippen molar-refractivity contribution in [3.8, 4) is 0 Å². The zero-order valence-corrected chi connectivity index (χ0v) is 5.22. The van der Waals surface area contributed by atoms with Crippen molar-refractivity contribution in [2.45, 2.75) is 19.8 Å². The Hall–Kier alpha value is -0.860. The molecule has 0 amide bonds. The molecule has 0 bridgehead atoms. The Morgan fingerprint density at radius 2 is 2.33 bits per heavy atom. The van der Waals surface area contributed by atoms with E-state index in [0.29, 0.717) is 0 Å². The highest BCUT2D eigenvalue weighted by Crippen LogP contribution is 1.98. The highest BCUT2D eigenvalue weighted by Gasteiger charge is 1.92. The van der Waals surface area contributed by atoms with Crippen LogP contribution in [-0.2, 0) is 4.79 Å². The van der Waals surface area contributed by atoms with Crippen molar-refractivity contribution < 1.29 is 14.3 Å². The molecule has 2 nitrogen and oxygen atoms in total. The van der Waals surface area contributed by atoms with Crippen LogP contribution in [0.4, 0.5) is 4.39 Å². The molecule has 0 aliphatic rings. The predicted octanol–water partition coefficient (Wildman–Crippen LogP) is 1.72. The molecule has 0 radical (unpaired) electrons. The van der Waals surface area contributed by atoms with Gasteiger partial charge in [-0.15, -0.1) is 0 Å². The second kappa shape index (κ2) is 4.06. The van der Waals surface area contributed by atoms with Crippen LogP contribution in [0.1, 0.15) is 19.8 Å². The summed E-state index contributed by atoms with van der Waals surface area (Å²) in [6.45, 7) is 1.29. The van der Waals surface area contributed by atoms with Gasteiger partial charge in [0.2, 0.25) is 0 Å². The lowest BCUT2D eigenvalue weighted by Crippen LogP contribution is -1.91. The van der Waals surface area contributed by atoms with Crippen molar-refractivity contribution in [1.82, 2.24) is 0 Å². The van der Waals surface area contributed by atoms with Crippen LogP contribution in [0.25, 0.3) is 0 Å². The molecule has 52 valence electrons. The van der Waals surface area contributed by atoms with Crippen LogP contribution in [0, 0.1) is 0 Å². The molecule has 0 fully saturated rings. The van der Waals surface area contributed by atoms with Gasteiger partial charge >= 0.3 is 5.97 Å². The largest absolute Gasteiger partial charge is 0.481 e. The van der Waals surface area contributed by atoms with Crippen LogP contribution in [0.2, 0.25) is 0 Å². The molecular weight excluding hydrogens is 123 g/mol. The van der Waals surface area contributed by atoms with Gasteiger partial charge in [0.15, 0.2) is 0 Å². The summed E-state index contributed by atoms with van der Waals surface area (Å²) in [5.41, 5.74) is 0. The fourth-order valence-corrected chi connectivity index (χ4v) is 0.395. The molecule has 0 atom stereocenters. The van der Waals surface area contributed by atoms with Crippen molar-refractivity contribution in [2.75, 3.05) is 0 Å². The number of hydrogen-bond acceptors (Lipinski definition) is 1. The summed E-state index contributed by atoms with van der Waals surface area (Å²) in [5, 5.41) is 8.07. The Bertz CT molecular complexity index is 125. The number of carboxylic acids is 1. The molecule has 9 heavy (non-hydrogen) atoms. The van der Waals surface area contributed by atoms with E-state index in [9.17, 15) is 9.18 Å². The molecule has 3 heteroatoms. The van der Waals surface area contributed by atoms with E-state index in [1.165, 1.54) is 13.0 Å². The Labute approximate surface area is 53.0 Å². The minimum Gasteiger partial charge on any atom is -0.481 e. The topological polar surface area (TPSA) is 37.3 Å². The predicted molar refractivity (Wildman–Crippen MR) is 31.7 cm³/mol. The minimum atomic E-state index is -0.896. The van der Waals surface area contributed by atoms with E-state index in [1.54, 1.807) is 0 Å². The van der Waals surface area contributed by atoms with E-state index in [1.807, 2.05) is 0 Å². The fraction of sp³-hybridized carbons (Fsp3) is 0.500. The lowest BCUT2D eigenvalue weighted by Gasteiger charge is -1.86. The van der Waals surface area contributed by atoms with Crippen LogP contribution < -0.4 is 0 Å². The van der Waals surface area contributed by atoms with Crippen molar-refractivity contribution in [1.29, 1.82) is 0 Å². The zero-order chi connectivity index (χ0) is 7.28. The van der Waals surface area contributed by atoms with E-state index < -0.39 is 5.97 Å². The molecule has 0 rings (SSSR count). The molecule has 0 heterocycles. The Kier molecular flexibility index (Phi) is 3.67. The SMILES string of the molecule is C/C(F)=C/CCC(=O)O. The summed E-state index contributed by atoms with van der Waals surface area (Å²) in [7, 11) is 0. The van der Waals surface area contributed by atoms with Crippen LogP contribution >= 0.6 is 0 Å². The van der Waals surface area contributed by atoms with Gasteiger partial charge in [-0.3, -0.25) is 4.79 Å². The standard InChI is InChI=1S/C6H9FO2/c1-5(7)3-2-4-6(8)9/h3H,2,4H2,1H3,(H,8,9)/b5-3-. The summed E-state index contributed by atoms with van der Waals surface area (Å²) in [5.74, 6) is -1.22. The normalized spacial score (nSPS) is 11.6. The lowest BCUT2D eigenvalue weighted by molar-refractivity contribution is -0.136. The molecule has 0 unspecified atom stereocenters. The molecule has 0 aliphatic heterocycles. The van der Waals surface area contributed by atoms with Crippen molar-refractivity contribution >= 4 is 5.97 Å². The number of carboxylic acid groups (broad SMARTS) is 1. The molecular formula is C6H9FO2. The van der Waals surface area contributed by atoms with E-state index in [0.717, 1.165) is 0 Å². The van der Waals surface area contributed by atoms with E-state index >= 15 is 0 Å². The van der Waals surface area contributed by atoms with Crippen LogP contribution in [0.5, 0.6) is 0 Å². The maximum atomic E-state index is 11.8. The number of rotatable bonds is 3. The second-order valence-electron chi connectivity index (χ2n) is 1.72. The molecule has 0 aromatic heterocycles. The van der Waals surface area contributed by atoms with Gasteiger partial charge in [-0.25, -0.2) is 4.39 Å². The Morgan fingerprint density at radius 1 is 1.78 bits per heavy atom. The summed E-state index contributed by atoms with van der Waals surface area (Å²) >= 11 is 0. The number of halogens is 1. The second-order valence-corrected chi connectivity index (χ2v) is 1.72. The van der Waals surface area contributed by atoms with Crippen molar-refractivity contribution in [3.63, 3.8) is 0 Å². The highest BCUT2D eigenvalue weighted by atomic mass is 19.1. The van der Waals surface area contributed by atoms with Crippen molar-refractivity contribution in [3.05, 3.63) is 11.9 Å². The average Bonchev–Trinajstić information content (AvgIpc) is 1.63. The van der Waals surface area contributed by atoms with Gasteiger partial charge in [0.1, 0.15) is 0 Å². The maximum Gasteiger partial charge on any atom is 0.303 e. The first-order chi connectivity index (χ1) is 4.13. The third-order valence-electron chi connectivity index (χ3n) is 0.784. The number of carbonyl (C=O) groups is 1. The summed E-state index contributed by atoms with van der Waals surface area (Å²) < 4.78 is 11.8. The first kappa shape index (κ1) is 8.14. The minimum absolute atomic E-state index is 0.00125. The van der Waals surface area contributed by atoms with Crippen LogP contribution in [-0.4, -0.2) is 11.1 Å². The van der Waals surface area contributed by atoms with Gasteiger partial charge in [-0.05, 0) is 13.3 Å². The lowest BCUT2D eigenvalue weighted by atomic mass is 10.3. The van der Waals surface area contributed by atoms with Gasteiger partial charge in [-0.1, -0.05) is 6.08 Å². The quantitative estimate of drug-likeness (QED) is 0.634. The Balaban J connectivity index is 3.31. The summed E-state index contributed by atoms with van der Waals surface area (Å²) in [6.07, 6.45) is 1.53. The summed E-state index contributed by atoms with van der Waals surface area (Å²) in [6, 6.07) is 0. The number of aliphatic carboxylic acids is 1. The molecule has 0 saturated carbocycles. The molecule has 0 aliphatic carbocycles. The van der Waals surface area contributed by atoms with Gasteiger partial charge in [0.05, 0.1) is 5.83 Å². The zero-order valence-electron chi connectivity index (χ0n) is 5.22. The molecule has 1 N–H and O–H groups in total. The monoisotopic (exact) mass is 132 g/mol. The smallest absolute Gasteiger partial charge is 0.303 e. The van der Waals surface area contributed by atoms with E-state index in [-0.39, 0.29) is 18.7 Å². The van der Waals surface area contributed by atoms with Gasteiger partial charge < -0.3 is 5.11 Å². The molecule has 0 saturated heterocycles. The van der Waals surface area contributed by atoms with Crippen LogP contribution in [0.15, 0.2) is 11.9 Å². The Morgan fingerprint density at radius 3 is 2.67 bits per heavy atom. The maximum absolute atomic E-state index is 11.8.